The average Bonchev–Trinajstić information content (AvgIpc) is 2.89. The molecule has 6 nitrogen and oxygen atoms in total. The van der Waals surface area contributed by atoms with Gasteiger partial charge in [0.25, 0.3) is 0 Å². The van der Waals surface area contributed by atoms with Crippen LogP contribution in [0.15, 0.2) is 85.1 Å². The quantitative estimate of drug-likeness (QED) is 0.310. The molecule has 4 rings (SSSR count). The Morgan fingerprint density at radius 1 is 1.00 bits per heavy atom. The lowest BCUT2D eigenvalue weighted by molar-refractivity contribution is -0.117. The van der Waals surface area contributed by atoms with Crippen LogP contribution < -0.4 is 15.4 Å². The Bertz CT molecular complexity index is 1270. The molecule has 0 bridgehead atoms. The van der Waals surface area contributed by atoms with E-state index in [2.05, 4.69) is 27.8 Å². The Morgan fingerprint density at radius 3 is 2.62 bits per heavy atom. The molecule has 0 aliphatic carbocycles. The fourth-order valence-corrected chi connectivity index (χ4v) is 3.93. The number of rotatable bonds is 10. The number of hydrogen-bond donors (Lipinski definition) is 2. The molecular formula is C28H27N3O3. The van der Waals surface area contributed by atoms with Crippen LogP contribution in [0.1, 0.15) is 28.8 Å². The first-order valence-electron chi connectivity index (χ1n) is 11.3. The molecule has 0 spiro atoms. The zero-order valence-electron chi connectivity index (χ0n) is 19.0. The summed E-state index contributed by atoms with van der Waals surface area (Å²) in [5.74, 6) is 0.401. The highest BCUT2D eigenvalue weighted by molar-refractivity contribution is 6.03. The summed E-state index contributed by atoms with van der Waals surface area (Å²) < 4.78 is 5.23. The summed E-state index contributed by atoms with van der Waals surface area (Å²) in [7, 11) is 1.55. The van der Waals surface area contributed by atoms with E-state index in [9.17, 15) is 9.59 Å². The predicted molar refractivity (Wildman–Crippen MR) is 136 cm³/mol. The molecule has 0 fully saturated rings. The molecule has 0 saturated heterocycles. The van der Waals surface area contributed by atoms with Gasteiger partial charge in [-0.1, -0.05) is 48.5 Å². The summed E-state index contributed by atoms with van der Waals surface area (Å²) >= 11 is 0. The lowest BCUT2D eigenvalue weighted by Gasteiger charge is -2.21. The van der Waals surface area contributed by atoms with E-state index in [1.807, 2.05) is 48.5 Å². The summed E-state index contributed by atoms with van der Waals surface area (Å²) in [6.45, 7) is 0. The number of para-hydroxylation sites is 1. The fourth-order valence-electron chi connectivity index (χ4n) is 3.93. The van der Waals surface area contributed by atoms with E-state index < -0.39 is 6.04 Å². The maximum atomic E-state index is 13.4. The minimum absolute atomic E-state index is 0.182. The molecule has 1 amide bonds. The molecule has 2 N–H and O–H groups in total. The number of fused-ring (bicyclic) bond motifs is 1. The Labute approximate surface area is 199 Å². The number of aromatic nitrogens is 1. The predicted octanol–water partition coefficient (Wildman–Crippen LogP) is 5.50. The second kappa shape index (κ2) is 11.1. The van der Waals surface area contributed by atoms with Gasteiger partial charge in [0.1, 0.15) is 11.8 Å². The molecule has 6 heteroatoms. The first-order chi connectivity index (χ1) is 16.7. The molecule has 34 heavy (non-hydrogen) atoms. The Balaban J connectivity index is 1.56. The molecule has 1 unspecified atom stereocenters. The van der Waals surface area contributed by atoms with Gasteiger partial charge in [0.05, 0.1) is 18.3 Å². The number of methoxy groups -OCH3 is 1. The number of aryl methyl sites for hydroxylation is 1. The van der Waals surface area contributed by atoms with Gasteiger partial charge in [-0.15, -0.1) is 0 Å². The summed E-state index contributed by atoms with van der Waals surface area (Å²) in [5, 5.41) is 7.27. The number of carbonyl (C=O) groups excluding carboxylic acids is 2. The van der Waals surface area contributed by atoms with Crippen LogP contribution in [0.2, 0.25) is 0 Å². The second-order valence-corrected chi connectivity index (χ2v) is 8.02. The van der Waals surface area contributed by atoms with Crippen LogP contribution in [0.4, 0.5) is 11.4 Å². The number of aldehydes is 1. The third-order valence-electron chi connectivity index (χ3n) is 5.72. The van der Waals surface area contributed by atoms with E-state index in [0.29, 0.717) is 29.1 Å². The highest BCUT2D eigenvalue weighted by Crippen LogP contribution is 2.24. The van der Waals surface area contributed by atoms with Crippen LogP contribution in [0, 0.1) is 0 Å². The number of ether oxygens (including phenoxy) is 1. The van der Waals surface area contributed by atoms with Crippen molar-refractivity contribution in [1.29, 1.82) is 0 Å². The van der Waals surface area contributed by atoms with Gasteiger partial charge in [-0.05, 0) is 55.2 Å². The average molecular weight is 454 g/mol. The van der Waals surface area contributed by atoms with Crippen molar-refractivity contribution in [3.63, 3.8) is 0 Å². The van der Waals surface area contributed by atoms with Crippen molar-refractivity contribution in [1.82, 2.24) is 4.98 Å². The zero-order chi connectivity index (χ0) is 23.8. The highest BCUT2D eigenvalue weighted by Gasteiger charge is 2.21. The number of pyridine rings is 1. The topological polar surface area (TPSA) is 80.3 Å². The van der Waals surface area contributed by atoms with Gasteiger partial charge in [-0.25, -0.2) is 0 Å². The maximum Gasteiger partial charge on any atom is 0.246 e. The fraction of sp³-hybridized carbons (Fsp3) is 0.179. The number of anilines is 2. The molecule has 4 aromatic rings. The van der Waals surface area contributed by atoms with Gasteiger partial charge in [0.2, 0.25) is 5.91 Å². The van der Waals surface area contributed by atoms with Crippen molar-refractivity contribution in [3.05, 3.63) is 96.2 Å². The summed E-state index contributed by atoms with van der Waals surface area (Å²) in [4.78, 5) is 29.5. The Morgan fingerprint density at radius 2 is 1.82 bits per heavy atom. The number of nitrogens with one attached hydrogen (secondary N) is 2. The van der Waals surface area contributed by atoms with E-state index in [-0.39, 0.29) is 5.91 Å². The standard InChI is InChI=1S/C28H27N3O3/c1-34-23-15-16-24(22(18-23)19-32)30-26(14-5-10-20-8-3-2-4-9-20)28(33)31-25-13-6-11-21-12-7-17-29-27(21)25/h2-4,6-9,11-13,15-19,26,30H,5,10,14H2,1H3,(H,31,33). The first kappa shape index (κ1) is 23.0. The second-order valence-electron chi connectivity index (χ2n) is 8.02. The molecule has 0 aliphatic heterocycles. The zero-order valence-corrected chi connectivity index (χ0v) is 19.0. The van der Waals surface area contributed by atoms with Gasteiger partial charge < -0.3 is 15.4 Å². The van der Waals surface area contributed by atoms with Gasteiger partial charge in [0, 0.05) is 22.8 Å². The monoisotopic (exact) mass is 453 g/mol. The van der Waals surface area contributed by atoms with E-state index in [4.69, 9.17) is 4.74 Å². The van der Waals surface area contributed by atoms with Gasteiger partial charge in [-0.3, -0.25) is 14.6 Å². The number of amides is 1. The minimum atomic E-state index is -0.547. The van der Waals surface area contributed by atoms with Crippen molar-refractivity contribution in [2.75, 3.05) is 17.7 Å². The summed E-state index contributed by atoms with van der Waals surface area (Å²) in [5.41, 5.74) is 3.64. The largest absolute Gasteiger partial charge is 0.497 e. The molecule has 1 heterocycles. The Hall–Kier alpha value is -4.19. The van der Waals surface area contributed by atoms with Crippen LogP contribution >= 0.6 is 0 Å². The molecular weight excluding hydrogens is 426 g/mol. The number of hydrogen-bond acceptors (Lipinski definition) is 5. The number of carbonyl (C=O) groups is 2. The van der Waals surface area contributed by atoms with Crippen molar-refractivity contribution in [2.45, 2.75) is 25.3 Å². The molecule has 172 valence electrons. The molecule has 1 atom stereocenters. The molecule has 0 saturated carbocycles. The first-order valence-corrected chi connectivity index (χ1v) is 11.3. The number of nitrogens with zero attached hydrogens (tertiary/aromatic N) is 1. The molecule has 0 aliphatic rings. The highest BCUT2D eigenvalue weighted by atomic mass is 16.5. The van der Waals surface area contributed by atoms with Gasteiger partial charge in [-0.2, -0.15) is 0 Å². The van der Waals surface area contributed by atoms with E-state index in [1.165, 1.54) is 5.56 Å². The van der Waals surface area contributed by atoms with Crippen molar-refractivity contribution in [3.8, 4) is 5.75 Å². The van der Waals surface area contributed by atoms with Gasteiger partial charge >= 0.3 is 0 Å². The van der Waals surface area contributed by atoms with Crippen LogP contribution in [0.5, 0.6) is 5.75 Å². The smallest absolute Gasteiger partial charge is 0.246 e. The lowest BCUT2D eigenvalue weighted by atomic mass is 10.0. The minimum Gasteiger partial charge on any atom is -0.497 e. The third kappa shape index (κ3) is 5.59. The number of benzene rings is 3. The molecule has 0 radical (unpaired) electrons. The third-order valence-corrected chi connectivity index (χ3v) is 5.72. The van der Waals surface area contributed by atoms with Crippen molar-refractivity contribution < 1.29 is 14.3 Å². The SMILES string of the molecule is COc1ccc(NC(CCCc2ccccc2)C(=O)Nc2cccc3cccnc23)c(C=O)c1. The van der Waals surface area contributed by atoms with Crippen LogP contribution in [0.25, 0.3) is 10.9 Å². The van der Waals surface area contributed by atoms with Crippen LogP contribution in [0.3, 0.4) is 0 Å². The van der Waals surface area contributed by atoms with Crippen molar-refractivity contribution >= 4 is 34.5 Å². The van der Waals surface area contributed by atoms with Crippen LogP contribution in [-0.2, 0) is 11.2 Å². The Kier molecular flexibility index (Phi) is 7.50. The van der Waals surface area contributed by atoms with E-state index in [1.54, 1.807) is 31.5 Å². The lowest BCUT2D eigenvalue weighted by Crippen LogP contribution is -2.35. The summed E-state index contributed by atoms with van der Waals surface area (Å²) in [6, 6.07) is 24.3. The van der Waals surface area contributed by atoms with Crippen molar-refractivity contribution in [2.24, 2.45) is 0 Å². The summed E-state index contributed by atoms with van der Waals surface area (Å²) in [6.07, 6.45) is 4.71. The van der Waals surface area contributed by atoms with Crippen LogP contribution in [-0.4, -0.2) is 30.3 Å². The van der Waals surface area contributed by atoms with E-state index in [0.717, 1.165) is 30.0 Å². The normalized spacial score (nSPS) is 11.6. The maximum absolute atomic E-state index is 13.4. The van der Waals surface area contributed by atoms with E-state index >= 15 is 0 Å². The van der Waals surface area contributed by atoms with Gasteiger partial charge in [0.15, 0.2) is 6.29 Å². The molecule has 1 aromatic heterocycles. The molecule has 3 aromatic carbocycles.